The molecule has 2 heterocycles. The summed E-state index contributed by atoms with van der Waals surface area (Å²) in [5, 5.41) is 3.20. The number of carbonyl (C=O) groups is 2. The molecule has 2 aromatic heterocycles. The summed E-state index contributed by atoms with van der Waals surface area (Å²) in [6.45, 7) is 2.05. The molecule has 4 aromatic rings. The number of hydrogen-bond acceptors (Lipinski definition) is 5. The maximum atomic E-state index is 12.9. The summed E-state index contributed by atoms with van der Waals surface area (Å²) in [5.41, 5.74) is 4.77. The minimum atomic E-state index is -0.561. The van der Waals surface area contributed by atoms with Crippen molar-refractivity contribution in [1.29, 1.82) is 0 Å². The summed E-state index contributed by atoms with van der Waals surface area (Å²) in [5.74, 6) is -0.606. The van der Waals surface area contributed by atoms with E-state index in [4.69, 9.17) is 0 Å². The Kier molecular flexibility index (Phi) is 6.42. The second kappa shape index (κ2) is 9.80. The number of pyridine rings is 1. The number of H-pyrrole nitrogens is 1. The molecule has 1 aliphatic rings. The monoisotopic (exact) mass is 483 g/mol. The first kappa shape index (κ1) is 22.9. The summed E-state index contributed by atoms with van der Waals surface area (Å²) >= 11 is 1.40. The van der Waals surface area contributed by atoms with Gasteiger partial charge in [0, 0.05) is 28.1 Å². The molecule has 35 heavy (non-hydrogen) atoms. The Hall–Kier alpha value is -3.84. The predicted molar refractivity (Wildman–Crippen MR) is 138 cm³/mol. The highest BCUT2D eigenvalue weighted by molar-refractivity contribution is 7.16. The van der Waals surface area contributed by atoms with Crippen LogP contribution in [0, 0.1) is 0 Å². The van der Waals surface area contributed by atoms with E-state index in [2.05, 4.69) is 51.7 Å². The van der Waals surface area contributed by atoms with Gasteiger partial charge in [0.2, 0.25) is 0 Å². The van der Waals surface area contributed by atoms with Crippen molar-refractivity contribution in [3.63, 3.8) is 0 Å². The zero-order valence-corrected chi connectivity index (χ0v) is 20.2. The molecule has 176 valence electrons. The molecule has 0 saturated carbocycles. The van der Waals surface area contributed by atoms with Crippen molar-refractivity contribution in [2.75, 3.05) is 5.32 Å². The molecule has 0 spiro atoms. The van der Waals surface area contributed by atoms with Crippen LogP contribution >= 0.6 is 11.3 Å². The van der Waals surface area contributed by atoms with E-state index in [0.717, 1.165) is 29.0 Å². The summed E-state index contributed by atoms with van der Waals surface area (Å²) in [4.78, 5) is 46.1. The van der Waals surface area contributed by atoms with Gasteiger partial charge in [-0.2, -0.15) is 0 Å². The second-order valence-electron chi connectivity index (χ2n) is 8.64. The summed E-state index contributed by atoms with van der Waals surface area (Å²) < 4.78 is 0. The third-order valence-electron chi connectivity index (χ3n) is 6.22. The van der Waals surface area contributed by atoms with Crippen molar-refractivity contribution >= 4 is 28.2 Å². The first-order valence-corrected chi connectivity index (χ1v) is 12.6. The van der Waals surface area contributed by atoms with E-state index in [9.17, 15) is 14.4 Å². The smallest absolute Gasteiger partial charge is 0.263 e. The van der Waals surface area contributed by atoms with E-state index >= 15 is 0 Å². The van der Waals surface area contributed by atoms with Crippen LogP contribution in [-0.4, -0.2) is 21.7 Å². The van der Waals surface area contributed by atoms with E-state index < -0.39 is 11.5 Å². The zero-order valence-electron chi connectivity index (χ0n) is 19.4. The fraction of sp³-hybridized carbons (Fsp3) is 0.214. The molecule has 0 atom stereocenters. The van der Waals surface area contributed by atoms with Crippen LogP contribution in [0.4, 0.5) is 5.13 Å². The Bertz CT molecular complexity index is 1450. The van der Waals surface area contributed by atoms with Crippen LogP contribution < -0.4 is 10.9 Å². The molecule has 5 rings (SSSR count). The molecule has 2 aromatic carbocycles. The number of aryl methyl sites for hydroxylation is 2. The Labute approximate surface area is 207 Å². The van der Waals surface area contributed by atoms with Gasteiger partial charge in [-0.25, -0.2) is 4.98 Å². The molecule has 1 aliphatic carbocycles. The SMILES string of the molecule is CCc1sc(NC(=O)c2cc3c([nH]c2=O)CCCC3=O)nc1-c1ccc(Cc2ccccc2)cc1. The number of hydrogen-bond donors (Lipinski definition) is 2. The number of nitrogens with one attached hydrogen (secondary N) is 2. The van der Waals surface area contributed by atoms with Gasteiger partial charge in [-0.1, -0.05) is 61.5 Å². The lowest BCUT2D eigenvalue weighted by Gasteiger charge is -2.14. The number of Topliss-reactive ketones (excluding diaryl/α,β-unsaturated/α-hetero) is 1. The Morgan fingerprint density at radius 2 is 1.77 bits per heavy atom. The molecular weight excluding hydrogens is 458 g/mol. The number of anilines is 1. The highest BCUT2D eigenvalue weighted by Gasteiger charge is 2.23. The van der Waals surface area contributed by atoms with E-state index in [1.807, 2.05) is 25.1 Å². The van der Waals surface area contributed by atoms with Crippen LogP contribution in [0.3, 0.4) is 0 Å². The average molecular weight is 484 g/mol. The number of nitrogens with zero attached hydrogens (tertiary/aromatic N) is 1. The lowest BCUT2D eigenvalue weighted by atomic mass is 9.93. The maximum absolute atomic E-state index is 12.9. The van der Waals surface area contributed by atoms with Gasteiger partial charge in [0.05, 0.1) is 5.69 Å². The van der Waals surface area contributed by atoms with Gasteiger partial charge in [0.15, 0.2) is 10.9 Å². The van der Waals surface area contributed by atoms with Gasteiger partial charge in [0.25, 0.3) is 11.5 Å². The molecule has 6 nitrogen and oxygen atoms in total. The number of fused-ring (bicyclic) bond motifs is 1. The number of amides is 1. The molecule has 0 saturated heterocycles. The minimum absolute atomic E-state index is 0.0444. The van der Waals surface area contributed by atoms with Crippen molar-refractivity contribution in [3.8, 4) is 11.3 Å². The fourth-order valence-corrected chi connectivity index (χ4v) is 5.31. The summed E-state index contributed by atoms with van der Waals surface area (Å²) in [7, 11) is 0. The number of benzene rings is 2. The molecule has 2 N–H and O–H groups in total. The van der Waals surface area contributed by atoms with Gasteiger partial charge < -0.3 is 4.98 Å². The highest BCUT2D eigenvalue weighted by atomic mass is 32.1. The van der Waals surface area contributed by atoms with Crippen LogP contribution in [-0.2, 0) is 19.3 Å². The van der Waals surface area contributed by atoms with Crippen molar-refractivity contribution in [2.45, 2.75) is 39.0 Å². The third kappa shape index (κ3) is 4.86. The number of thiazole rings is 1. The van der Waals surface area contributed by atoms with E-state index in [1.165, 1.54) is 28.5 Å². The average Bonchev–Trinajstić information content (AvgIpc) is 3.27. The Morgan fingerprint density at radius 1 is 1.03 bits per heavy atom. The maximum Gasteiger partial charge on any atom is 0.263 e. The Morgan fingerprint density at radius 3 is 2.51 bits per heavy atom. The Balaban J connectivity index is 1.37. The van der Waals surface area contributed by atoms with Crippen LogP contribution in [0.1, 0.15) is 62.2 Å². The van der Waals surface area contributed by atoms with Crippen molar-refractivity contribution in [1.82, 2.24) is 9.97 Å². The van der Waals surface area contributed by atoms with Crippen LogP contribution in [0.5, 0.6) is 0 Å². The number of carbonyl (C=O) groups excluding carboxylic acids is 2. The van der Waals surface area contributed by atoms with Gasteiger partial charge >= 0.3 is 0 Å². The van der Waals surface area contributed by atoms with Crippen molar-refractivity contribution in [2.24, 2.45) is 0 Å². The molecular formula is C28H25N3O3S. The largest absolute Gasteiger partial charge is 0.325 e. The summed E-state index contributed by atoms with van der Waals surface area (Å²) in [6, 6.07) is 20.0. The molecule has 0 aliphatic heterocycles. The summed E-state index contributed by atoms with van der Waals surface area (Å²) in [6.07, 6.45) is 3.40. The standard InChI is InChI=1S/C28H25N3O3S/c1-2-24-25(19-13-11-18(12-14-19)15-17-7-4-3-5-8-17)30-28(35-24)31-27(34)21-16-20-22(29-26(21)33)9-6-10-23(20)32/h3-5,7-8,11-14,16H,2,6,9-10,15H2,1H3,(H,29,33)(H,30,31,34). The highest BCUT2D eigenvalue weighted by Crippen LogP contribution is 2.32. The fourth-order valence-electron chi connectivity index (χ4n) is 4.39. The van der Waals surface area contributed by atoms with Gasteiger partial charge in [-0.15, -0.1) is 11.3 Å². The molecule has 0 unspecified atom stereocenters. The van der Waals surface area contributed by atoms with Crippen LogP contribution in [0.25, 0.3) is 11.3 Å². The van der Waals surface area contributed by atoms with Crippen molar-refractivity contribution in [3.05, 3.63) is 104 Å². The van der Waals surface area contributed by atoms with Crippen LogP contribution in [0.2, 0.25) is 0 Å². The second-order valence-corrected chi connectivity index (χ2v) is 9.72. The molecule has 0 fully saturated rings. The molecule has 7 heteroatoms. The first-order valence-electron chi connectivity index (χ1n) is 11.8. The molecule has 0 radical (unpaired) electrons. The van der Waals surface area contributed by atoms with E-state index in [1.54, 1.807) is 0 Å². The number of rotatable bonds is 6. The van der Waals surface area contributed by atoms with Gasteiger partial charge in [-0.3, -0.25) is 19.7 Å². The number of aromatic amines is 1. The van der Waals surface area contributed by atoms with E-state index in [0.29, 0.717) is 35.7 Å². The lowest BCUT2D eigenvalue weighted by molar-refractivity contribution is 0.0971. The van der Waals surface area contributed by atoms with Crippen LogP contribution in [0.15, 0.2) is 65.5 Å². The zero-order chi connectivity index (χ0) is 24.4. The van der Waals surface area contributed by atoms with Gasteiger partial charge in [0.1, 0.15) is 5.56 Å². The number of aromatic nitrogens is 2. The van der Waals surface area contributed by atoms with E-state index in [-0.39, 0.29) is 11.3 Å². The van der Waals surface area contributed by atoms with Gasteiger partial charge in [-0.05, 0) is 42.9 Å². The predicted octanol–water partition coefficient (Wildman–Crippen LogP) is 5.42. The normalized spacial score (nSPS) is 12.9. The quantitative estimate of drug-likeness (QED) is 0.383. The third-order valence-corrected chi connectivity index (χ3v) is 7.33. The first-order chi connectivity index (χ1) is 17.0. The van der Waals surface area contributed by atoms with Crippen molar-refractivity contribution < 1.29 is 9.59 Å². The topological polar surface area (TPSA) is 91.9 Å². The lowest BCUT2D eigenvalue weighted by Crippen LogP contribution is -2.27. The number of ketones is 1. The molecule has 1 amide bonds. The molecule has 0 bridgehead atoms. The minimum Gasteiger partial charge on any atom is -0.325 e.